The lowest BCUT2D eigenvalue weighted by Gasteiger charge is -2.48. The van der Waals surface area contributed by atoms with Crippen LogP contribution in [0.4, 0.5) is 0 Å². The normalized spacial score (nSPS) is 16.5. The number of hydrogen-bond donors (Lipinski definition) is 0. The van der Waals surface area contributed by atoms with Crippen molar-refractivity contribution in [3.05, 3.63) is 83.7 Å². The van der Waals surface area contributed by atoms with Gasteiger partial charge < -0.3 is 9.33 Å². The molecular weight excluding hydrogens is 398 g/mol. The van der Waals surface area contributed by atoms with E-state index >= 15 is 0 Å². The molecule has 2 aromatic rings. The van der Waals surface area contributed by atoms with Crippen LogP contribution in [0.3, 0.4) is 0 Å². The topological polar surface area (TPSA) is 29.5 Å². The first-order chi connectivity index (χ1) is 14.8. The van der Waals surface area contributed by atoms with E-state index in [1.807, 2.05) is 47.5 Å². The van der Waals surface area contributed by atoms with Crippen LogP contribution in [0.5, 0.6) is 0 Å². The molecule has 1 heterocycles. The summed E-state index contributed by atoms with van der Waals surface area (Å²) in [6.45, 7) is 13.8. The number of hydrogen-bond acceptors (Lipinski definition) is 2. The predicted octanol–water partition coefficient (Wildman–Crippen LogP) is 7.24. The van der Waals surface area contributed by atoms with Crippen LogP contribution in [0.2, 0.25) is 16.6 Å². The molecule has 31 heavy (non-hydrogen) atoms. The molecule has 166 valence electrons. The molecule has 3 rings (SSSR count). The van der Waals surface area contributed by atoms with Crippen LogP contribution in [0.15, 0.2) is 72.6 Å². The zero-order valence-electron chi connectivity index (χ0n) is 19.8. The average molecular weight is 436 g/mol. The van der Waals surface area contributed by atoms with E-state index in [4.69, 9.17) is 4.43 Å². The van der Waals surface area contributed by atoms with Crippen molar-refractivity contribution in [2.24, 2.45) is 0 Å². The molecule has 0 N–H and O–H groups in total. The molecule has 3 nitrogen and oxygen atoms in total. The lowest BCUT2D eigenvalue weighted by atomic mass is 9.98. The fraction of sp³-hybridized carbons (Fsp3) is 0.444. The van der Waals surface area contributed by atoms with Crippen LogP contribution in [-0.2, 0) is 15.6 Å². The number of amides is 1. The maximum atomic E-state index is 13.1. The summed E-state index contributed by atoms with van der Waals surface area (Å²) < 4.78 is 6.97. The highest BCUT2D eigenvalue weighted by molar-refractivity contribution is 6.77. The van der Waals surface area contributed by atoms with Gasteiger partial charge in [-0.3, -0.25) is 4.79 Å². The van der Waals surface area contributed by atoms with E-state index in [1.165, 1.54) is 5.56 Å². The van der Waals surface area contributed by atoms with E-state index in [-0.39, 0.29) is 11.9 Å². The third kappa shape index (κ3) is 4.79. The summed E-state index contributed by atoms with van der Waals surface area (Å²) in [6, 6.07) is 20.4. The molecule has 4 heteroatoms. The highest BCUT2D eigenvalue weighted by atomic mass is 28.4. The number of carbonyl (C=O) groups is 1. The van der Waals surface area contributed by atoms with Crippen LogP contribution in [0, 0.1) is 0 Å². The van der Waals surface area contributed by atoms with Gasteiger partial charge in [-0.05, 0) is 34.2 Å². The van der Waals surface area contributed by atoms with E-state index in [2.05, 4.69) is 65.8 Å². The van der Waals surface area contributed by atoms with E-state index in [9.17, 15) is 4.79 Å². The molecule has 1 amide bonds. The second-order valence-electron chi connectivity index (χ2n) is 9.55. The summed E-state index contributed by atoms with van der Waals surface area (Å²) in [6.07, 6.45) is 3.21. The zero-order valence-corrected chi connectivity index (χ0v) is 20.8. The Balaban J connectivity index is 1.85. The fourth-order valence-electron chi connectivity index (χ4n) is 5.18. The first-order valence-corrected chi connectivity index (χ1v) is 13.7. The number of rotatable bonds is 9. The van der Waals surface area contributed by atoms with Crippen molar-refractivity contribution in [2.75, 3.05) is 0 Å². The van der Waals surface area contributed by atoms with Crippen molar-refractivity contribution in [3.8, 4) is 0 Å². The Morgan fingerprint density at radius 3 is 1.90 bits per heavy atom. The Morgan fingerprint density at radius 1 is 0.871 bits per heavy atom. The van der Waals surface area contributed by atoms with Gasteiger partial charge in [-0.1, -0.05) is 102 Å². The van der Waals surface area contributed by atoms with Gasteiger partial charge in [0, 0.05) is 12.6 Å². The first kappa shape index (κ1) is 23.3. The Kier molecular flexibility index (Phi) is 7.42. The molecule has 0 radical (unpaired) electrons. The van der Waals surface area contributed by atoms with Gasteiger partial charge in [-0.25, -0.2) is 0 Å². The minimum Gasteiger partial charge on any atom is -0.543 e. The predicted molar refractivity (Wildman–Crippen MR) is 131 cm³/mol. The number of aryl methyl sites for hydroxylation is 1. The maximum absolute atomic E-state index is 13.1. The van der Waals surface area contributed by atoms with Gasteiger partial charge in [0.15, 0.2) is 0 Å². The highest BCUT2D eigenvalue weighted by Crippen LogP contribution is 2.48. The van der Waals surface area contributed by atoms with Crippen molar-refractivity contribution >= 4 is 14.2 Å². The highest BCUT2D eigenvalue weighted by Gasteiger charge is 2.50. The summed E-state index contributed by atoms with van der Waals surface area (Å²) in [4.78, 5) is 15.0. The average Bonchev–Trinajstić information content (AvgIpc) is 2.72. The van der Waals surface area contributed by atoms with E-state index in [0.717, 1.165) is 17.7 Å². The van der Waals surface area contributed by atoms with Gasteiger partial charge in [0.1, 0.15) is 11.8 Å². The fourth-order valence-corrected chi connectivity index (χ4v) is 10.5. The monoisotopic (exact) mass is 435 g/mol. The van der Waals surface area contributed by atoms with Gasteiger partial charge in [-0.2, -0.15) is 0 Å². The van der Waals surface area contributed by atoms with Gasteiger partial charge in [0.2, 0.25) is 5.91 Å². The third-order valence-electron chi connectivity index (χ3n) is 6.69. The lowest BCUT2D eigenvalue weighted by molar-refractivity contribution is -0.132. The van der Waals surface area contributed by atoms with Crippen LogP contribution < -0.4 is 0 Å². The Bertz CT molecular complexity index is 868. The lowest BCUT2D eigenvalue weighted by Crippen LogP contribution is -2.51. The number of carbonyl (C=O) groups excluding carboxylic acids is 1. The maximum Gasteiger partial charge on any atom is 0.258 e. The summed E-state index contributed by atoms with van der Waals surface area (Å²) >= 11 is 0. The van der Waals surface area contributed by atoms with E-state index < -0.39 is 8.32 Å². The van der Waals surface area contributed by atoms with Crippen LogP contribution in [0.1, 0.15) is 65.1 Å². The Labute approximate surface area is 189 Å². The third-order valence-corrected chi connectivity index (χ3v) is 12.7. The summed E-state index contributed by atoms with van der Waals surface area (Å²) in [5.74, 6) is 1.11. The standard InChI is InChI=1S/C27H37NO2Si/c1-20(2)31(21(3)4,22(5)6)30-25-19-28(27(25)24-15-11-8-12-16-24)26(29)18-17-23-13-9-7-10-14-23/h7-16,19-22,27H,17-18H2,1-6H3. The quantitative estimate of drug-likeness (QED) is 0.389. The molecule has 0 saturated heterocycles. The minimum absolute atomic E-state index is 0.118. The van der Waals surface area contributed by atoms with Crippen LogP contribution >= 0.6 is 0 Å². The van der Waals surface area contributed by atoms with Gasteiger partial charge >= 0.3 is 0 Å². The largest absolute Gasteiger partial charge is 0.543 e. The van der Waals surface area contributed by atoms with E-state index in [0.29, 0.717) is 23.0 Å². The number of benzene rings is 2. The van der Waals surface area contributed by atoms with Crippen molar-refractivity contribution in [2.45, 2.75) is 77.0 Å². The summed E-state index contributed by atoms with van der Waals surface area (Å²) in [5, 5.41) is 0. The van der Waals surface area contributed by atoms with Crippen molar-refractivity contribution in [3.63, 3.8) is 0 Å². The molecule has 0 aliphatic carbocycles. The molecule has 1 unspecified atom stereocenters. The Morgan fingerprint density at radius 2 is 1.39 bits per heavy atom. The molecule has 0 spiro atoms. The van der Waals surface area contributed by atoms with E-state index in [1.54, 1.807) is 0 Å². The molecule has 1 aliphatic rings. The molecular formula is C27H37NO2Si. The van der Waals surface area contributed by atoms with Gasteiger partial charge in [0.05, 0.1) is 0 Å². The smallest absolute Gasteiger partial charge is 0.258 e. The van der Waals surface area contributed by atoms with Crippen molar-refractivity contribution < 1.29 is 9.22 Å². The first-order valence-electron chi connectivity index (χ1n) is 11.6. The molecule has 0 bridgehead atoms. The Hall–Kier alpha value is -2.33. The van der Waals surface area contributed by atoms with Gasteiger partial charge in [-0.15, -0.1) is 0 Å². The molecule has 1 atom stereocenters. The number of nitrogens with zero attached hydrogens (tertiary/aromatic N) is 1. The molecule has 2 aromatic carbocycles. The summed E-state index contributed by atoms with van der Waals surface area (Å²) in [7, 11) is -2.08. The van der Waals surface area contributed by atoms with Crippen molar-refractivity contribution in [1.82, 2.24) is 4.90 Å². The second-order valence-corrected chi connectivity index (χ2v) is 14.9. The molecule has 0 fully saturated rings. The van der Waals surface area contributed by atoms with Gasteiger partial charge in [0.25, 0.3) is 8.32 Å². The minimum atomic E-state index is -2.08. The van der Waals surface area contributed by atoms with Crippen LogP contribution in [-0.4, -0.2) is 19.1 Å². The molecule has 0 aromatic heterocycles. The molecule has 1 aliphatic heterocycles. The zero-order chi connectivity index (χ0) is 22.6. The molecule has 0 saturated carbocycles. The van der Waals surface area contributed by atoms with Crippen LogP contribution in [0.25, 0.3) is 0 Å². The van der Waals surface area contributed by atoms with Crippen molar-refractivity contribution in [1.29, 1.82) is 0 Å². The SMILES string of the molecule is CC(C)[Si](OC1=CN(C(=O)CCc2ccccc2)C1c1ccccc1)(C(C)C)C(C)C. The summed E-state index contributed by atoms with van der Waals surface area (Å²) in [5.41, 5.74) is 3.79. The second kappa shape index (κ2) is 9.86.